The number of rotatable bonds is 6. The van der Waals surface area contributed by atoms with Gasteiger partial charge in [0.1, 0.15) is 5.82 Å². The number of halogens is 1. The number of carbonyl (C=O) groups is 2. The van der Waals surface area contributed by atoms with Crippen molar-refractivity contribution in [3.8, 4) is 0 Å². The minimum absolute atomic E-state index is 0.121. The first-order chi connectivity index (χ1) is 9.57. The number of nitrogens with zero attached hydrogens (tertiary/aromatic N) is 1. The lowest BCUT2D eigenvalue weighted by molar-refractivity contribution is -0.135. The van der Waals surface area contributed by atoms with E-state index in [1.807, 2.05) is 0 Å². The summed E-state index contributed by atoms with van der Waals surface area (Å²) < 4.78 is 18.2. The third-order valence-electron chi connectivity index (χ3n) is 2.44. The van der Waals surface area contributed by atoms with E-state index in [1.54, 1.807) is 21.0 Å². The molecule has 0 aromatic heterocycles. The Morgan fingerprint density at radius 1 is 1.40 bits per heavy atom. The van der Waals surface area contributed by atoms with Gasteiger partial charge in [0.05, 0.1) is 23.7 Å². The zero-order chi connectivity index (χ0) is 15.1. The maximum Gasteiger partial charge on any atom is 0.360 e. The van der Waals surface area contributed by atoms with Crippen molar-refractivity contribution < 1.29 is 18.7 Å². The zero-order valence-electron chi connectivity index (χ0n) is 11.5. The summed E-state index contributed by atoms with van der Waals surface area (Å²) >= 11 is 0. The second kappa shape index (κ2) is 7.22. The van der Waals surface area contributed by atoms with Crippen molar-refractivity contribution in [2.75, 3.05) is 31.3 Å². The zero-order valence-corrected chi connectivity index (χ0v) is 11.5. The monoisotopic (exact) mass is 281 g/mol. The van der Waals surface area contributed by atoms with Gasteiger partial charge in [-0.05, 0) is 13.0 Å². The normalized spacial score (nSPS) is 10.9. The maximum atomic E-state index is 13.5. The molecule has 0 atom stereocenters. The van der Waals surface area contributed by atoms with Crippen LogP contribution in [0.4, 0.5) is 21.5 Å². The Morgan fingerprint density at radius 2 is 2.10 bits per heavy atom. The average Bonchev–Trinajstić information content (AvgIpc) is 2.44. The van der Waals surface area contributed by atoms with Crippen molar-refractivity contribution in [3.05, 3.63) is 17.9 Å². The summed E-state index contributed by atoms with van der Waals surface area (Å²) in [4.78, 5) is 26.3. The van der Waals surface area contributed by atoms with Gasteiger partial charge in [-0.25, -0.2) is 14.2 Å². The molecule has 0 radical (unpaired) electrons. The number of nitrogens with one attached hydrogen (secondary N) is 2. The number of hydrogen-bond donors (Lipinski definition) is 2. The summed E-state index contributed by atoms with van der Waals surface area (Å²) in [6, 6.07) is 2.39. The molecule has 0 unspecified atom stereocenters. The predicted molar refractivity (Wildman–Crippen MR) is 75.3 cm³/mol. The first kappa shape index (κ1) is 15.6. The Hall–Kier alpha value is -2.44. The Labute approximate surface area is 116 Å². The van der Waals surface area contributed by atoms with Crippen LogP contribution < -0.4 is 10.6 Å². The highest BCUT2D eigenvalue weighted by Gasteiger charge is 2.15. The van der Waals surface area contributed by atoms with Crippen molar-refractivity contribution in [2.45, 2.75) is 6.92 Å². The van der Waals surface area contributed by atoms with E-state index in [4.69, 9.17) is 4.74 Å². The van der Waals surface area contributed by atoms with E-state index in [-0.39, 0.29) is 18.6 Å². The van der Waals surface area contributed by atoms with Gasteiger partial charge in [0.15, 0.2) is 12.0 Å². The number of aliphatic imine (C=N–C) groups is 1. The number of anilines is 2. The topological polar surface area (TPSA) is 79.8 Å². The minimum atomic E-state index is -0.847. The molecule has 1 rings (SSSR count). The van der Waals surface area contributed by atoms with E-state index in [9.17, 15) is 14.0 Å². The SMILES string of the molecule is CCOC(=O)C(C=O)=Nc1cc(F)cc(NC)c1NC. The molecule has 0 aliphatic carbocycles. The van der Waals surface area contributed by atoms with E-state index < -0.39 is 17.5 Å². The van der Waals surface area contributed by atoms with Crippen LogP contribution in [0.5, 0.6) is 0 Å². The molecular weight excluding hydrogens is 265 g/mol. The fraction of sp³-hybridized carbons (Fsp3) is 0.308. The highest BCUT2D eigenvalue weighted by molar-refractivity contribution is 6.58. The van der Waals surface area contributed by atoms with E-state index in [2.05, 4.69) is 15.6 Å². The average molecular weight is 281 g/mol. The molecular formula is C13H16FN3O3. The molecule has 0 saturated carbocycles. The van der Waals surface area contributed by atoms with Gasteiger partial charge >= 0.3 is 5.97 Å². The lowest BCUT2D eigenvalue weighted by Gasteiger charge is -2.12. The molecule has 0 saturated heterocycles. The van der Waals surface area contributed by atoms with Crippen molar-refractivity contribution in [1.82, 2.24) is 0 Å². The molecule has 0 amide bonds. The van der Waals surface area contributed by atoms with Gasteiger partial charge in [-0.1, -0.05) is 0 Å². The summed E-state index contributed by atoms with van der Waals surface area (Å²) in [6.45, 7) is 1.73. The summed E-state index contributed by atoms with van der Waals surface area (Å²) in [6.07, 6.45) is 0.279. The summed E-state index contributed by atoms with van der Waals surface area (Å²) in [5.41, 5.74) is 0.640. The molecule has 0 aliphatic heterocycles. The molecule has 0 heterocycles. The largest absolute Gasteiger partial charge is 0.461 e. The molecule has 6 nitrogen and oxygen atoms in total. The van der Waals surface area contributed by atoms with E-state index in [1.165, 1.54) is 6.07 Å². The standard InChI is InChI=1S/C13H16FN3O3/c1-4-20-13(19)11(7-18)17-10-6-8(14)5-9(15-2)12(10)16-3/h5-7,15-16H,4H2,1-3H3. The fourth-order valence-electron chi connectivity index (χ4n) is 1.60. The number of hydrogen-bond acceptors (Lipinski definition) is 6. The molecule has 2 N–H and O–H groups in total. The molecule has 20 heavy (non-hydrogen) atoms. The molecule has 7 heteroatoms. The molecule has 0 spiro atoms. The molecule has 108 valence electrons. The highest BCUT2D eigenvalue weighted by atomic mass is 19.1. The van der Waals surface area contributed by atoms with Gasteiger partial charge in [-0.2, -0.15) is 0 Å². The van der Waals surface area contributed by atoms with Crippen molar-refractivity contribution >= 4 is 35.0 Å². The van der Waals surface area contributed by atoms with Gasteiger partial charge in [0, 0.05) is 20.2 Å². The van der Waals surface area contributed by atoms with E-state index in [0.717, 1.165) is 6.07 Å². The number of benzene rings is 1. The Kier molecular flexibility index (Phi) is 5.64. The third kappa shape index (κ3) is 3.53. The third-order valence-corrected chi connectivity index (χ3v) is 2.44. The van der Waals surface area contributed by atoms with Crippen LogP contribution in [0.25, 0.3) is 0 Å². The van der Waals surface area contributed by atoms with Gasteiger partial charge in [0.25, 0.3) is 0 Å². The summed E-state index contributed by atoms with van der Waals surface area (Å²) in [7, 11) is 3.24. The number of ether oxygens (including phenoxy) is 1. The first-order valence-corrected chi connectivity index (χ1v) is 5.97. The van der Waals surface area contributed by atoms with Crippen LogP contribution in [0.2, 0.25) is 0 Å². The van der Waals surface area contributed by atoms with Gasteiger partial charge < -0.3 is 15.4 Å². The number of carbonyl (C=O) groups excluding carboxylic acids is 2. The number of esters is 1. The molecule has 0 aliphatic rings. The summed E-state index contributed by atoms with van der Waals surface area (Å²) in [5.74, 6) is -1.39. The van der Waals surface area contributed by atoms with Crippen LogP contribution in [0.3, 0.4) is 0 Å². The van der Waals surface area contributed by atoms with Crippen LogP contribution in [-0.4, -0.2) is 38.7 Å². The lowest BCUT2D eigenvalue weighted by Crippen LogP contribution is -2.18. The van der Waals surface area contributed by atoms with Crippen LogP contribution >= 0.6 is 0 Å². The molecule has 1 aromatic carbocycles. The van der Waals surface area contributed by atoms with E-state index in [0.29, 0.717) is 11.4 Å². The molecule has 1 aromatic rings. The predicted octanol–water partition coefficient (Wildman–Crippen LogP) is 1.74. The molecule has 0 fully saturated rings. The van der Waals surface area contributed by atoms with Crippen molar-refractivity contribution in [1.29, 1.82) is 0 Å². The van der Waals surface area contributed by atoms with Gasteiger partial charge in [-0.3, -0.25) is 4.79 Å². The van der Waals surface area contributed by atoms with Crippen LogP contribution in [0, 0.1) is 5.82 Å². The second-order valence-corrected chi connectivity index (χ2v) is 3.68. The van der Waals surface area contributed by atoms with Crippen LogP contribution in [-0.2, 0) is 14.3 Å². The van der Waals surface area contributed by atoms with Gasteiger partial charge in [0.2, 0.25) is 0 Å². The second-order valence-electron chi connectivity index (χ2n) is 3.68. The highest BCUT2D eigenvalue weighted by Crippen LogP contribution is 2.33. The molecule has 0 bridgehead atoms. The quantitative estimate of drug-likeness (QED) is 0.359. The fourth-order valence-corrected chi connectivity index (χ4v) is 1.60. The van der Waals surface area contributed by atoms with E-state index >= 15 is 0 Å². The van der Waals surface area contributed by atoms with Crippen LogP contribution in [0.1, 0.15) is 6.92 Å². The maximum absolute atomic E-state index is 13.5. The lowest BCUT2D eigenvalue weighted by atomic mass is 10.2. The summed E-state index contributed by atoms with van der Waals surface area (Å²) in [5, 5.41) is 5.64. The van der Waals surface area contributed by atoms with Crippen LogP contribution in [0.15, 0.2) is 17.1 Å². The Bertz CT molecular complexity index is 544. The number of aldehydes is 1. The minimum Gasteiger partial charge on any atom is -0.461 e. The van der Waals surface area contributed by atoms with Crippen molar-refractivity contribution in [2.24, 2.45) is 4.99 Å². The Morgan fingerprint density at radius 3 is 2.60 bits per heavy atom. The van der Waals surface area contributed by atoms with Crippen molar-refractivity contribution in [3.63, 3.8) is 0 Å². The van der Waals surface area contributed by atoms with Gasteiger partial charge in [-0.15, -0.1) is 0 Å². The first-order valence-electron chi connectivity index (χ1n) is 5.97. The smallest absolute Gasteiger partial charge is 0.360 e. The Balaban J connectivity index is 3.33.